The molecular weight excluding hydrogens is 705 g/mol. The Bertz CT molecular complexity index is 1320. The van der Waals surface area contributed by atoms with Crippen LogP contribution in [0.1, 0.15) is 160 Å². The van der Waals surface area contributed by atoms with Crippen LogP contribution in [0.15, 0.2) is 0 Å². The molecular formula is C48H78O8. The van der Waals surface area contributed by atoms with Crippen molar-refractivity contribution in [2.75, 3.05) is 13.2 Å². The van der Waals surface area contributed by atoms with Gasteiger partial charge in [0.2, 0.25) is 0 Å². The highest BCUT2D eigenvalue weighted by Crippen LogP contribution is 2.63. The Kier molecular flexibility index (Phi) is 10.5. The molecule has 0 aromatic rings. The minimum absolute atomic E-state index is 0.000753. The normalized spacial score (nSPS) is 48.6. The summed E-state index contributed by atoms with van der Waals surface area (Å²) in [6, 6.07) is 0. The number of carbonyl (C=O) groups excluding carboxylic acids is 2. The summed E-state index contributed by atoms with van der Waals surface area (Å²) in [7, 11) is 0. The van der Waals surface area contributed by atoms with Crippen molar-refractivity contribution in [3.8, 4) is 0 Å². The predicted octanol–water partition coefficient (Wildman–Crippen LogP) is 9.73. The summed E-state index contributed by atoms with van der Waals surface area (Å²) in [5, 5.41) is 0. The van der Waals surface area contributed by atoms with Crippen LogP contribution in [0.5, 0.6) is 0 Å². The molecule has 4 aliphatic carbocycles. The van der Waals surface area contributed by atoms with Crippen molar-refractivity contribution in [1.29, 1.82) is 0 Å². The zero-order valence-corrected chi connectivity index (χ0v) is 37.2. The van der Waals surface area contributed by atoms with Gasteiger partial charge in [0.1, 0.15) is 0 Å². The van der Waals surface area contributed by atoms with E-state index in [4.69, 9.17) is 28.4 Å². The number of hydrogen-bond donors (Lipinski definition) is 0. The first-order valence-corrected chi connectivity index (χ1v) is 23.1. The minimum Gasteiger partial charge on any atom is -0.465 e. The van der Waals surface area contributed by atoms with Crippen LogP contribution < -0.4 is 0 Å². The highest BCUT2D eigenvalue weighted by molar-refractivity contribution is 5.70. The molecule has 4 heterocycles. The molecule has 8 fully saturated rings. The molecule has 318 valence electrons. The Morgan fingerprint density at radius 1 is 0.518 bits per heavy atom. The molecule has 8 rings (SSSR count). The average molecular weight is 783 g/mol. The summed E-state index contributed by atoms with van der Waals surface area (Å²) in [5.74, 6) is 4.88. The molecule has 16 unspecified atom stereocenters. The monoisotopic (exact) mass is 783 g/mol. The molecule has 4 saturated heterocycles. The fraction of sp³-hybridized carbons (Fsp3) is 0.958. The summed E-state index contributed by atoms with van der Waals surface area (Å²) >= 11 is 0. The smallest absolute Gasteiger partial charge is 0.305 e. The van der Waals surface area contributed by atoms with Gasteiger partial charge in [-0.3, -0.25) is 9.59 Å². The van der Waals surface area contributed by atoms with Gasteiger partial charge in [-0.1, -0.05) is 55.4 Å². The van der Waals surface area contributed by atoms with E-state index >= 15 is 0 Å². The second-order valence-corrected chi connectivity index (χ2v) is 23.7. The standard InChI is InChI=1S/C48H78O8/c1-27-17-31(21-45(9)39(27)53-45)37(32-18-28(2)40-46(10,22-32)54-40)43(5,6)25-51-35(49)15-13-14-16-36(50)52-26-44(7,8)38(33-19-29(3)41-47(11,23-33)55-41)34-20-30(4)42-48(12,24-34)56-42/h27-34,37-42H,13-26H2,1-12H3. The van der Waals surface area contributed by atoms with Gasteiger partial charge in [0.25, 0.3) is 0 Å². The van der Waals surface area contributed by atoms with E-state index < -0.39 is 0 Å². The molecule has 8 aliphatic rings. The van der Waals surface area contributed by atoms with Gasteiger partial charge in [-0.15, -0.1) is 0 Å². The van der Waals surface area contributed by atoms with Crippen LogP contribution in [0.25, 0.3) is 0 Å². The minimum atomic E-state index is -0.170. The Balaban J connectivity index is 0.818. The second-order valence-electron chi connectivity index (χ2n) is 23.7. The number of esters is 2. The van der Waals surface area contributed by atoms with E-state index in [-0.39, 0.29) is 45.2 Å². The first-order chi connectivity index (χ1) is 26.1. The third kappa shape index (κ3) is 7.91. The van der Waals surface area contributed by atoms with E-state index in [2.05, 4.69) is 83.1 Å². The van der Waals surface area contributed by atoms with E-state index in [1.54, 1.807) is 0 Å². The number of epoxide rings is 4. The fourth-order valence-electron chi connectivity index (χ4n) is 15.2. The molecule has 16 atom stereocenters. The van der Waals surface area contributed by atoms with Gasteiger partial charge >= 0.3 is 11.9 Å². The third-order valence-electron chi connectivity index (χ3n) is 17.3. The maximum absolute atomic E-state index is 13.2. The highest BCUT2D eigenvalue weighted by atomic mass is 16.6. The van der Waals surface area contributed by atoms with Gasteiger partial charge in [0.05, 0.1) is 60.0 Å². The molecule has 0 bridgehead atoms. The number of unbranched alkanes of at least 4 members (excludes halogenated alkanes) is 1. The molecule has 0 amide bonds. The summed E-state index contributed by atoms with van der Waals surface area (Å²) in [4.78, 5) is 26.4. The Labute approximate surface area is 339 Å². The van der Waals surface area contributed by atoms with Crippen LogP contribution >= 0.6 is 0 Å². The molecule has 0 N–H and O–H groups in total. The molecule has 0 radical (unpaired) electrons. The molecule has 8 heteroatoms. The summed E-state index contributed by atoms with van der Waals surface area (Å²) in [5.41, 5.74) is -0.343. The van der Waals surface area contributed by atoms with Crippen LogP contribution in [-0.4, -0.2) is 72.0 Å². The zero-order valence-electron chi connectivity index (χ0n) is 37.2. The topological polar surface area (TPSA) is 103 Å². The van der Waals surface area contributed by atoms with Crippen LogP contribution in [0, 0.1) is 70.0 Å². The van der Waals surface area contributed by atoms with Gasteiger partial charge in [0, 0.05) is 23.7 Å². The van der Waals surface area contributed by atoms with Crippen molar-refractivity contribution in [1.82, 2.24) is 0 Å². The quantitative estimate of drug-likeness (QED) is 0.0920. The average Bonchev–Trinajstić information content (AvgIpc) is 3.97. The van der Waals surface area contributed by atoms with Crippen molar-refractivity contribution in [3.05, 3.63) is 0 Å². The van der Waals surface area contributed by atoms with Crippen LogP contribution in [0.4, 0.5) is 0 Å². The molecule has 56 heavy (non-hydrogen) atoms. The Morgan fingerprint density at radius 2 is 0.768 bits per heavy atom. The number of hydrogen-bond acceptors (Lipinski definition) is 8. The zero-order chi connectivity index (χ0) is 40.4. The number of carbonyl (C=O) groups is 2. The first-order valence-electron chi connectivity index (χ1n) is 23.1. The lowest BCUT2D eigenvalue weighted by Crippen LogP contribution is -2.47. The van der Waals surface area contributed by atoms with Crippen LogP contribution in [0.3, 0.4) is 0 Å². The highest BCUT2D eigenvalue weighted by Gasteiger charge is 2.66. The number of rotatable bonds is 15. The van der Waals surface area contributed by atoms with Crippen LogP contribution in [0.2, 0.25) is 0 Å². The SMILES string of the molecule is CC1CC(C(C2CC(C)C3OC3(C)C2)C(C)(C)COC(=O)CCCCC(=O)OCC(C)(C)C(C2CC(C)C3OC3(C)C2)C2CC(C)C3OC3(C)C2)CC2(C)OC12. The molecule has 8 nitrogen and oxygen atoms in total. The summed E-state index contributed by atoms with van der Waals surface area (Å²) in [6.45, 7) is 28.8. The molecule has 0 aromatic heterocycles. The van der Waals surface area contributed by atoms with Gasteiger partial charge in [-0.25, -0.2) is 0 Å². The molecule has 4 saturated carbocycles. The molecule has 4 aliphatic heterocycles. The van der Waals surface area contributed by atoms with E-state index in [0.717, 1.165) is 25.7 Å². The maximum Gasteiger partial charge on any atom is 0.305 e. The van der Waals surface area contributed by atoms with Gasteiger partial charge in [-0.2, -0.15) is 0 Å². The largest absolute Gasteiger partial charge is 0.465 e. The lowest BCUT2D eigenvalue weighted by molar-refractivity contribution is -0.152. The van der Waals surface area contributed by atoms with Crippen LogP contribution in [-0.2, 0) is 38.0 Å². The lowest BCUT2D eigenvalue weighted by Gasteiger charge is -2.48. The van der Waals surface area contributed by atoms with E-state index in [1.165, 1.54) is 25.7 Å². The Hall–Kier alpha value is -1.22. The van der Waals surface area contributed by atoms with E-state index in [9.17, 15) is 9.59 Å². The fourth-order valence-corrected chi connectivity index (χ4v) is 15.2. The van der Waals surface area contributed by atoms with E-state index in [1.807, 2.05) is 0 Å². The molecule has 0 aromatic carbocycles. The van der Waals surface area contributed by atoms with Crippen molar-refractivity contribution < 1.29 is 38.0 Å². The van der Waals surface area contributed by atoms with Gasteiger partial charge in [-0.05, 0) is 151 Å². The number of ether oxygens (including phenoxy) is 6. The van der Waals surface area contributed by atoms with Crippen molar-refractivity contribution in [3.63, 3.8) is 0 Å². The number of fused-ring (bicyclic) bond motifs is 4. The van der Waals surface area contributed by atoms with E-state index in [0.29, 0.717) is 122 Å². The third-order valence-corrected chi connectivity index (χ3v) is 17.3. The molecule has 0 spiro atoms. The van der Waals surface area contributed by atoms with Gasteiger partial charge in [0.15, 0.2) is 0 Å². The predicted molar refractivity (Wildman–Crippen MR) is 216 cm³/mol. The van der Waals surface area contributed by atoms with Crippen molar-refractivity contribution >= 4 is 11.9 Å². The van der Waals surface area contributed by atoms with Crippen molar-refractivity contribution in [2.24, 2.45) is 70.0 Å². The first kappa shape index (κ1) is 41.5. The summed E-state index contributed by atoms with van der Waals surface area (Å²) in [6.07, 6.45) is 12.5. The second kappa shape index (κ2) is 14.2. The van der Waals surface area contributed by atoms with Crippen molar-refractivity contribution in [2.45, 2.75) is 207 Å². The maximum atomic E-state index is 13.2. The van der Waals surface area contributed by atoms with Gasteiger partial charge < -0.3 is 28.4 Å². The summed E-state index contributed by atoms with van der Waals surface area (Å²) < 4.78 is 37.3. The lowest BCUT2D eigenvalue weighted by atomic mass is 9.56. The Morgan fingerprint density at radius 3 is 1.00 bits per heavy atom.